The van der Waals surface area contributed by atoms with Gasteiger partial charge in [0.15, 0.2) is 5.13 Å². The standard InChI is InChI=1S/C21H14ClFN2O2S/c22-15-5-7-19-14(9-15)10-16(27-19)6-8-20(26)25-21-24-12-17(28-21)11-13-3-1-2-4-18(13)23/h1-10,12H,11H2,(H,24,25,26). The van der Waals surface area contributed by atoms with E-state index in [9.17, 15) is 9.18 Å². The smallest absolute Gasteiger partial charge is 0.250 e. The molecule has 4 nitrogen and oxygen atoms in total. The average Bonchev–Trinajstić information content (AvgIpc) is 3.28. The molecule has 0 saturated heterocycles. The van der Waals surface area contributed by atoms with E-state index in [0.717, 1.165) is 10.3 Å². The average molecular weight is 413 g/mol. The molecule has 4 rings (SSSR count). The number of benzene rings is 2. The van der Waals surface area contributed by atoms with Crippen LogP contribution in [0.5, 0.6) is 0 Å². The first-order chi connectivity index (χ1) is 13.6. The van der Waals surface area contributed by atoms with Crippen LogP contribution >= 0.6 is 22.9 Å². The van der Waals surface area contributed by atoms with E-state index in [0.29, 0.717) is 33.5 Å². The second-order valence-electron chi connectivity index (χ2n) is 6.05. The number of fused-ring (bicyclic) bond motifs is 1. The van der Waals surface area contributed by atoms with Crippen molar-refractivity contribution in [2.24, 2.45) is 0 Å². The first-order valence-electron chi connectivity index (χ1n) is 8.43. The lowest BCUT2D eigenvalue weighted by Gasteiger charge is -1.99. The number of hydrogen-bond donors (Lipinski definition) is 1. The molecule has 0 saturated carbocycles. The second kappa shape index (κ2) is 7.96. The molecule has 0 bridgehead atoms. The lowest BCUT2D eigenvalue weighted by atomic mass is 10.1. The first kappa shape index (κ1) is 18.4. The van der Waals surface area contributed by atoms with Crippen molar-refractivity contribution in [3.8, 4) is 0 Å². The van der Waals surface area contributed by atoms with Gasteiger partial charge in [0.25, 0.3) is 0 Å². The van der Waals surface area contributed by atoms with Gasteiger partial charge in [-0.25, -0.2) is 9.37 Å². The van der Waals surface area contributed by atoms with Crippen molar-refractivity contribution < 1.29 is 13.6 Å². The molecular formula is C21H14ClFN2O2S. The molecule has 0 spiro atoms. The van der Waals surface area contributed by atoms with Crippen LogP contribution in [0.1, 0.15) is 16.2 Å². The van der Waals surface area contributed by atoms with Gasteiger partial charge < -0.3 is 4.42 Å². The van der Waals surface area contributed by atoms with E-state index in [-0.39, 0.29) is 11.7 Å². The number of anilines is 1. The molecule has 0 aliphatic heterocycles. The van der Waals surface area contributed by atoms with Crippen LogP contribution in [-0.4, -0.2) is 10.9 Å². The number of amides is 1. The van der Waals surface area contributed by atoms with Gasteiger partial charge in [0.2, 0.25) is 5.91 Å². The van der Waals surface area contributed by atoms with Gasteiger partial charge >= 0.3 is 0 Å². The van der Waals surface area contributed by atoms with Crippen molar-refractivity contribution in [2.45, 2.75) is 6.42 Å². The highest BCUT2D eigenvalue weighted by Crippen LogP contribution is 2.24. The van der Waals surface area contributed by atoms with E-state index in [1.165, 1.54) is 23.5 Å². The molecular weight excluding hydrogens is 399 g/mol. The number of nitrogens with zero attached hydrogens (tertiary/aromatic N) is 1. The maximum Gasteiger partial charge on any atom is 0.250 e. The van der Waals surface area contributed by atoms with Crippen molar-refractivity contribution in [3.63, 3.8) is 0 Å². The summed E-state index contributed by atoms with van der Waals surface area (Å²) in [6, 6.07) is 13.7. The van der Waals surface area contributed by atoms with Gasteiger partial charge in [-0.05, 0) is 42.0 Å². The fourth-order valence-corrected chi connectivity index (χ4v) is 3.72. The molecule has 28 heavy (non-hydrogen) atoms. The molecule has 7 heteroatoms. The van der Waals surface area contributed by atoms with Gasteiger partial charge in [0, 0.05) is 34.0 Å². The zero-order chi connectivity index (χ0) is 19.5. The molecule has 4 aromatic rings. The monoisotopic (exact) mass is 412 g/mol. The molecule has 0 radical (unpaired) electrons. The van der Waals surface area contributed by atoms with Crippen molar-refractivity contribution in [2.75, 3.05) is 5.32 Å². The van der Waals surface area contributed by atoms with Crippen LogP contribution in [0.2, 0.25) is 5.02 Å². The van der Waals surface area contributed by atoms with Crippen LogP contribution in [0.25, 0.3) is 17.0 Å². The summed E-state index contributed by atoms with van der Waals surface area (Å²) in [5.41, 5.74) is 1.29. The Hall–Kier alpha value is -2.96. The molecule has 1 amide bonds. The Morgan fingerprint density at radius 1 is 1.25 bits per heavy atom. The zero-order valence-electron chi connectivity index (χ0n) is 14.5. The molecule has 140 valence electrons. The van der Waals surface area contributed by atoms with Crippen LogP contribution in [0.3, 0.4) is 0 Å². The fraction of sp³-hybridized carbons (Fsp3) is 0.0476. The van der Waals surface area contributed by atoms with E-state index in [1.54, 1.807) is 54.7 Å². The van der Waals surface area contributed by atoms with Crippen molar-refractivity contribution in [3.05, 3.63) is 87.8 Å². The molecule has 2 heterocycles. The van der Waals surface area contributed by atoms with E-state index in [1.807, 2.05) is 0 Å². The number of carbonyl (C=O) groups excluding carboxylic acids is 1. The number of aromatic nitrogens is 1. The first-order valence-corrected chi connectivity index (χ1v) is 9.62. The predicted molar refractivity (Wildman–Crippen MR) is 110 cm³/mol. The van der Waals surface area contributed by atoms with E-state index < -0.39 is 0 Å². The van der Waals surface area contributed by atoms with E-state index >= 15 is 0 Å². The molecule has 2 aromatic heterocycles. The van der Waals surface area contributed by atoms with Gasteiger partial charge in [-0.2, -0.15) is 0 Å². The Labute approximate surface area is 169 Å². The minimum absolute atomic E-state index is 0.253. The topological polar surface area (TPSA) is 55.1 Å². The van der Waals surface area contributed by atoms with E-state index in [2.05, 4.69) is 10.3 Å². The number of halogens is 2. The fourth-order valence-electron chi connectivity index (χ4n) is 2.70. The van der Waals surface area contributed by atoms with Gasteiger partial charge in [-0.15, -0.1) is 11.3 Å². The molecule has 0 atom stereocenters. The largest absolute Gasteiger partial charge is 0.457 e. The van der Waals surface area contributed by atoms with Gasteiger partial charge in [-0.3, -0.25) is 10.1 Å². The highest BCUT2D eigenvalue weighted by atomic mass is 35.5. The summed E-state index contributed by atoms with van der Waals surface area (Å²) in [6.07, 6.45) is 5.02. The second-order valence-corrected chi connectivity index (χ2v) is 7.61. The summed E-state index contributed by atoms with van der Waals surface area (Å²) in [6.45, 7) is 0. The van der Waals surface area contributed by atoms with Gasteiger partial charge in [0.1, 0.15) is 17.2 Å². The third-order valence-corrected chi connectivity index (χ3v) is 5.15. The van der Waals surface area contributed by atoms with Gasteiger partial charge in [-0.1, -0.05) is 29.8 Å². The normalized spacial score (nSPS) is 11.4. The Bertz CT molecular complexity index is 1180. The minimum atomic E-state index is -0.328. The molecule has 2 aromatic carbocycles. The molecule has 0 aliphatic rings. The maximum absolute atomic E-state index is 13.7. The number of nitrogens with one attached hydrogen (secondary N) is 1. The molecule has 0 unspecified atom stereocenters. The Morgan fingerprint density at radius 3 is 2.96 bits per heavy atom. The molecule has 0 fully saturated rings. The number of thiazole rings is 1. The van der Waals surface area contributed by atoms with Crippen LogP contribution in [-0.2, 0) is 11.2 Å². The van der Waals surface area contributed by atoms with Crippen LogP contribution in [0, 0.1) is 5.82 Å². The summed E-state index contributed by atoms with van der Waals surface area (Å²) in [4.78, 5) is 17.2. The Morgan fingerprint density at radius 2 is 2.11 bits per heavy atom. The van der Waals surface area contributed by atoms with Crippen molar-refractivity contribution in [1.29, 1.82) is 0 Å². The predicted octanol–water partition coefficient (Wildman–Crippen LogP) is 5.92. The number of furan rings is 1. The Kier molecular flexibility index (Phi) is 5.23. The van der Waals surface area contributed by atoms with Crippen LogP contribution < -0.4 is 5.32 Å². The summed E-state index contributed by atoms with van der Waals surface area (Å²) in [5, 5.41) is 4.64. The minimum Gasteiger partial charge on any atom is -0.457 e. The van der Waals surface area contributed by atoms with Gasteiger partial charge in [0.05, 0.1) is 0 Å². The third-order valence-electron chi connectivity index (χ3n) is 4.00. The van der Waals surface area contributed by atoms with Crippen molar-refractivity contribution in [1.82, 2.24) is 4.98 Å². The SMILES string of the molecule is O=C(C=Cc1cc2cc(Cl)ccc2o1)Nc1ncc(Cc2ccccc2F)s1. The quantitative estimate of drug-likeness (QED) is 0.413. The molecule has 0 aliphatic carbocycles. The number of hydrogen-bond acceptors (Lipinski definition) is 4. The lowest BCUT2D eigenvalue weighted by Crippen LogP contribution is -2.06. The van der Waals surface area contributed by atoms with Crippen molar-refractivity contribution >= 4 is 51.0 Å². The zero-order valence-corrected chi connectivity index (χ0v) is 16.1. The summed E-state index contributed by atoms with van der Waals surface area (Å²) < 4.78 is 19.4. The third kappa shape index (κ3) is 4.30. The maximum atomic E-state index is 13.7. The van der Waals surface area contributed by atoms with Crippen LogP contribution in [0.15, 0.2) is 65.2 Å². The van der Waals surface area contributed by atoms with E-state index in [4.69, 9.17) is 16.0 Å². The lowest BCUT2D eigenvalue weighted by molar-refractivity contribution is -0.111. The Balaban J connectivity index is 1.40. The van der Waals surface area contributed by atoms with Crippen LogP contribution in [0.4, 0.5) is 9.52 Å². The highest BCUT2D eigenvalue weighted by molar-refractivity contribution is 7.15. The summed E-state index contributed by atoms with van der Waals surface area (Å²) in [7, 11) is 0. The highest BCUT2D eigenvalue weighted by Gasteiger charge is 2.08. The number of carbonyl (C=O) groups is 1. The molecule has 1 N–H and O–H groups in total. The number of rotatable bonds is 5. The summed E-state index contributed by atoms with van der Waals surface area (Å²) >= 11 is 7.27. The summed E-state index contributed by atoms with van der Waals surface area (Å²) in [5.74, 6) is -0.0337.